The van der Waals surface area contributed by atoms with Crippen molar-refractivity contribution in [3.8, 4) is 10.7 Å². The third-order valence-corrected chi connectivity index (χ3v) is 3.41. The van der Waals surface area contributed by atoms with Crippen molar-refractivity contribution in [2.45, 2.75) is 19.4 Å². The molecule has 0 aliphatic rings. The zero-order valence-electron chi connectivity index (χ0n) is 10.1. The second-order valence-corrected chi connectivity index (χ2v) is 4.95. The minimum absolute atomic E-state index is 0.428. The predicted octanol–water partition coefficient (Wildman–Crippen LogP) is 1.60. The van der Waals surface area contributed by atoms with Crippen LogP contribution in [-0.2, 0) is 13.0 Å². The van der Waals surface area contributed by atoms with Gasteiger partial charge in [0.2, 0.25) is 11.7 Å². The lowest BCUT2D eigenvalue weighted by Crippen LogP contribution is -2.00. The van der Waals surface area contributed by atoms with E-state index < -0.39 is 0 Å². The summed E-state index contributed by atoms with van der Waals surface area (Å²) in [6.45, 7) is 0.723. The summed E-state index contributed by atoms with van der Waals surface area (Å²) in [4.78, 5) is 5.36. The number of hydrogen-bond donors (Lipinski definition) is 1. The molecule has 0 saturated carbocycles. The average molecular weight is 276 g/mol. The third-order valence-electron chi connectivity index (χ3n) is 2.54. The Kier molecular flexibility index (Phi) is 3.23. The Morgan fingerprint density at radius 3 is 3.11 bits per heavy atom. The predicted molar refractivity (Wildman–Crippen MR) is 70.4 cm³/mol. The molecule has 7 nitrogen and oxygen atoms in total. The minimum Gasteiger partial charge on any atom is -0.381 e. The Hall–Kier alpha value is -2.22. The number of nitrogens with two attached hydrogens (primary N) is 1. The van der Waals surface area contributed by atoms with Gasteiger partial charge in [0.1, 0.15) is 0 Å². The van der Waals surface area contributed by atoms with Gasteiger partial charge in [-0.05, 0) is 17.9 Å². The van der Waals surface area contributed by atoms with E-state index in [0.29, 0.717) is 24.0 Å². The highest BCUT2D eigenvalue weighted by atomic mass is 32.1. The Labute approximate surface area is 113 Å². The van der Waals surface area contributed by atoms with E-state index in [-0.39, 0.29) is 0 Å². The van der Waals surface area contributed by atoms with Crippen LogP contribution in [0.15, 0.2) is 28.2 Å². The molecule has 0 saturated heterocycles. The number of aromatic nitrogens is 5. The van der Waals surface area contributed by atoms with Crippen LogP contribution in [0.2, 0.25) is 0 Å². The van der Waals surface area contributed by atoms with Gasteiger partial charge in [-0.1, -0.05) is 16.4 Å². The van der Waals surface area contributed by atoms with Crippen LogP contribution in [0, 0.1) is 0 Å². The van der Waals surface area contributed by atoms with Crippen LogP contribution in [0.3, 0.4) is 0 Å². The third kappa shape index (κ3) is 2.79. The van der Waals surface area contributed by atoms with E-state index in [0.717, 1.165) is 17.8 Å². The summed E-state index contributed by atoms with van der Waals surface area (Å²) < 4.78 is 6.91. The van der Waals surface area contributed by atoms with Crippen LogP contribution in [-0.4, -0.2) is 25.1 Å². The van der Waals surface area contributed by atoms with Crippen molar-refractivity contribution in [3.05, 3.63) is 29.6 Å². The first kappa shape index (κ1) is 11.8. The van der Waals surface area contributed by atoms with Crippen LogP contribution in [0.5, 0.6) is 0 Å². The van der Waals surface area contributed by atoms with Crippen molar-refractivity contribution in [2.24, 2.45) is 0 Å². The van der Waals surface area contributed by atoms with Gasteiger partial charge in [0, 0.05) is 13.0 Å². The zero-order chi connectivity index (χ0) is 13.1. The van der Waals surface area contributed by atoms with E-state index in [1.54, 1.807) is 22.2 Å². The van der Waals surface area contributed by atoms with Crippen molar-refractivity contribution in [1.82, 2.24) is 25.1 Å². The molecule has 3 aromatic heterocycles. The fourth-order valence-electron chi connectivity index (χ4n) is 1.68. The lowest BCUT2D eigenvalue weighted by Gasteiger charge is -1.96. The maximum absolute atomic E-state index is 5.48. The minimum atomic E-state index is 0.428. The Balaban J connectivity index is 1.56. The highest BCUT2D eigenvalue weighted by Crippen LogP contribution is 2.21. The van der Waals surface area contributed by atoms with Gasteiger partial charge in [0.15, 0.2) is 5.82 Å². The summed E-state index contributed by atoms with van der Waals surface area (Å²) in [7, 11) is 0. The van der Waals surface area contributed by atoms with Gasteiger partial charge in [-0.3, -0.25) is 4.68 Å². The van der Waals surface area contributed by atoms with Crippen LogP contribution in [0.1, 0.15) is 12.3 Å². The highest BCUT2D eigenvalue weighted by molar-refractivity contribution is 7.13. The average Bonchev–Trinajstić information content (AvgIpc) is 3.09. The highest BCUT2D eigenvalue weighted by Gasteiger charge is 2.09. The molecule has 0 radical (unpaired) electrons. The first-order chi connectivity index (χ1) is 9.31. The molecular weight excluding hydrogens is 264 g/mol. The number of aryl methyl sites for hydroxylation is 2. The Morgan fingerprint density at radius 2 is 2.37 bits per heavy atom. The van der Waals surface area contributed by atoms with Crippen LogP contribution in [0.4, 0.5) is 5.82 Å². The largest absolute Gasteiger partial charge is 0.381 e. The van der Waals surface area contributed by atoms with Gasteiger partial charge in [-0.15, -0.1) is 16.4 Å². The molecule has 0 bridgehead atoms. The maximum Gasteiger partial charge on any atom is 0.227 e. The van der Waals surface area contributed by atoms with Crippen LogP contribution < -0.4 is 5.73 Å². The molecule has 3 aromatic rings. The normalized spacial score (nSPS) is 10.9. The Bertz CT molecular complexity index is 644. The molecule has 0 aliphatic carbocycles. The summed E-state index contributed by atoms with van der Waals surface area (Å²) in [6.07, 6.45) is 3.25. The molecule has 3 heterocycles. The quantitative estimate of drug-likeness (QED) is 0.760. The van der Waals surface area contributed by atoms with E-state index in [4.69, 9.17) is 10.3 Å². The molecule has 0 aliphatic heterocycles. The van der Waals surface area contributed by atoms with Gasteiger partial charge < -0.3 is 10.3 Å². The monoisotopic (exact) mass is 276 g/mol. The number of rotatable bonds is 5. The molecule has 0 atom stereocenters. The standard InChI is InChI=1S/C11H12N6OS/c12-9-7-17(16-14-9)5-1-4-10-13-11(15-18-10)8-3-2-6-19-8/h2-3,6-7H,1,4-5,12H2. The van der Waals surface area contributed by atoms with E-state index in [1.807, 2.05) is 17.5 Å². The first-order valence-corrected chi connectivity index (χ1v) is 6.71. The van der Waals surface area contributed by atoms with Crippen LogP contribution >= 0.6 is 11.3 Å². The van der Waals surface area contributed by atoms with Gasteiger partial charge in [-0.25, -0.2) is 0 Å². The number of nitrogens with zero attached hydrogens (tertiary/aromatic N) is 5. The number of thiophene rings is 1. The summed E-state index contributed by atoms with van der Waals surface area (Å²) in [5, 5.41) is 13.5. The molecule has 2 N–H and O–H groups in total. The molecule has 0 aromatic carbocycles. The molecule has 0 fully saturated rings. The summed E-state index contributed by atoms with van der Waals surface area (Å²) in [5.74, 6) is 1.71. The van der Waals surface area contributed by atoms with Gasteiger partial charge in [0.25, 0.3) is 0 Å². The van der Waals surface area contributed by atoms with E-state index in [1.165, 1.54) is 0 Å². The second kappa shape index (κ2) is 5.19. The molecule has 98 valence electrons. The van der Waals surface area contributed by atoms with E-state index >= 15 is 0 Å². The summed E-state index contributed by atoms with van der Waals surface area (Å²) >= 11 is 1.59. The molecule has 19 heavy (non-hydrogen) atoms. The second-order valence-electron chi connectivity index (χ2n) is 4.00. The van der Waals surface area contributed by atoms with Crippen molar-refractivity contribution >= 4 is 17.2 Å². The molecular formula is C11H12N6OS. The zero-order valence-corrected chi connectivity index (χ0v) is 10.9. The lowest BCUT2D eigenvalue weighted by atomic mass is 10.3. The fourth-order valence-corrected chi connectivity index (χ4v) is 2.33. The van der Waals surface area contributed by atoms with Gasteiger partial charge in [-0.2, -0.15) is 4.98 Å². The van der Waals surface area contributed by atoms with Crippen molar-refractivity contribution in [3.63, 3.8) is 0 Å². The van der Waals surface area contributed by atoms with Gasteiger partial charge >= 0.3 is 0 Å². The van der Waals surface area contributed by atoms with Crippen molar-refractivity contribution in [1.29, 1.82) is 0 Å². The topological polar surface area (TPSA) is 95.7 Å². The molecule has 3 rings (SSSR count). The summed E-state index contributed by atoms with van der Waals surface area (Å²) in [6, 6.07) is 3.93. The van der Waals surface area contributed by atoms with Gasteiger partial charge in [0.05, 0.1) is 11.1 Å². The molecule has 0 spiro atoms. The van der Waals surface area contributed by atoms with Crippen molar-refractivity contribution in [2.75, 3.05) is 5.73 Å². The SMILES string of the molecule is Nc1cn(CCCc2nc(-c3cccs3)no2)nn1. The molecule has 0 amide bonds. The number of anilines is 1. The smallest absolute Gasteiger partial charge is 0.227 e. The van der Waals surface area contributed by atoms with Crippen molar-refractivity contribution < 1.29 is 4.52 Å². The number of hydrogen-bond acceptors (Lipinski definition) is 7. The molecule has 0 unspecified atom stereocenters. The molecule has 8 heteroatoms. The van der Waals surface area contributed by atoms with E-state index in [9.17, 15) is 0 Å². The first-order valence-electron chi connectivity index (χ1n) is 5.83. The summed E-state index contributed by atoms with van der Waals surface area (Å²) in [5.41, 5.74) is 5.48. The number of nitrogen functional groups attached to an aromatic ring is 1. The fraction of sp³-hybridized carbons (Fsp3) is 0.273. The van der Waals surface area contributed by atoms with Crippen LogP contribution in [0.25, 0.3) is 10.7 Å². The maximum atomic E-state index is 5.48. The van der Waals surface area contributed by atoms with E-state index in [2.05, 4.69) is 20.5 Å². The lowest BCUT2D eigenvalue weighted by molar-refractivity contribution is 0.371. The Morgan fingerprint density at radius 1 is 1.42 bits per heavy atom.